The van der Waals surface area contributed by atoms with Crippen LogP contribution in [0.3, 0.4) is 0 Å². The summed E-state index contributed by atoms with van der Waals surface area (Å²) < 4.78 is 48.0. The van der Waals surface area contributed by atoms with E-state index in [9.17, 15) is 13.2 Å². The van der Waals surface area contributed by atoms with Gasteiger partial charge in [-0.25, -0.2) is 0 Å². The van der Waals surface area contributed by atoms with Crippen LogP contribution in [0.15, 0.2) is 10.7 Å². The minimum absolute atomic E-state index is 0.0731. The molecule has 6 nitrogen and oxygen atoms in total. The van der Waals surface area contributed by atoms with Gasteiger partial charge in [0.15, 0.2) is 0 Å². The molecular formula is C11H18BrF3N4O2. The van der Waals surface area contributed by atoms with Crippen molar-refractivity contribution in [1.82, 2.24) is 15.2 Å². The summed E-state index contributed by atoms with van der Waals surface area (Å²) in [6.45, 7) is -0.368. The topological polar surface area (TPSA) is 74.3 Å². The van der Waals surface area contributed by atoms with Gasteiger partial charge in [0.2, 0.25) is 0 Å². The van der Waals surface area contributed by atoms with E-state index in [-0.39, 0.29) is 19.1 Å². The van der Waals surface area contributed by atoms with Crippen molar-refractivity contribution in [3.63, 3.8) is 0 Å². The molecule has 0 bridgehead atoms. The molecule has 0 saturated heterocycles. The second kappa shape index (κ2) is 8.69. The lowest BCUT2D eigenvalue weighted by atomic mass is 10.1. The molecule has 0 aromatic carbocycles. The van der Waals surface area contributed by atoms with Gasteiger partial charge in [0.25, 0.3) is 0 Å². The van der Waals surface area contributed by atoms with Crippen LogP contribution in [0, 0.1) is 0 Å². The van der Waals surface area contributed by atoms with E-state index in [1.54, 1.807) is 18.0 Å². The number of nitrogens with zero attached hydrogens (tertiary/aromatic N) is 2. The van der Waals surface area contributed by atoms with Crippen LogP contribution in [-0.4, -0.2) is 42.9 Å². The fourth-order valence-electron chi connectivity index (χ4n) is 1.76. The van der Waals surface area contributed by atoms with Crippen LogP contribution in [-0.2, 0) is 16.0 Å². The molecule has 0 spiro atoms. The van der Waals surface area contributed by atoms with Gasteiger partial charge in [0.1, 0.15) is 6.61 Å². The van der Waals surface area contributed by atoms with Gasteiger partial charge in [-0.05, 0) is 22.4 Å². The second-order valence-corrected chi connectivity index (χ2v) is 5.12. The molecule has 1 atom stereocenters. The minimum Gasteiger partial charge on any atom is -0.383 e. The van der Waals surface area contributed by atoms with Gasteiger partial charge in [-0.3, -0.25) is 16.0 Å². The molecular weight excluding hydrogens is 357 g/mol. The maximum atomic E-state index is 12.0. The summed E-state index contributed by atoms with van der Waals surface area (Å²) in [4.78, 5) is 0. The Hall–Kier alpha value is -0.680. The van der Waals surface area contributed by atoms with Crippen LogP contribution in [0.1, 0.15) is 18.2 Å². The number of nitrogens with two attached hydrogens (primary N) is 1. The predicted octanol–water partition coefficient (Wildman–Crippen LogP) is 1.77. The summed E-state index contributed by atoms with van der Waals surface area (Å²) in [5, 5.41) is 4.16. The van der Waals surface area contributed by atoms with E-state index in [4.69, 9.17) is 10.6 Å². The molecule has 0 amide bonds. The molecule has 1 rings (SSSR count). The van der Waals surface area contributed by atoms with E-state index in [1.165, 1.54) is 0 Å². The Morgan fingerprint density at radius 1 is 1.48 bits per heavy atom. The van der Waals surface area contributed by atoms with Crippen LogP contribution in [0.4, 0.5) is 13.2 Å². The van der Waals surface area contributed by atoms with E-state index >= 15 is 0 Å². The summed E-state index contributed by atoms with van der Waals surface area (Å²) in [5.41, 5.74) is 3.31. The van der Waals surface area contributed by atoms with E-state index < -0.39 is 12.8 Å². The lowest BCUT2D eigenvalue weighted by Crippen LogP contribution is -2.32. The highest BCUT2D eigenvalue weighted by Crippen LogP contribution is 2.25. The molecule has 1 heterocycles. The number of hydrogen-bond donors (Lipinski definition) is 2. The molecule has 0 saturated carbocycles. The Morgan fingerprint density at radius 2 is 2.19 bits per heavy atom. The van der Waals surface area contributed by atoms with Crippen molar-refractivity contribution in [3.8, 4) is 0 Å². The minimum atomic E-state index is -4.33. The quantitative estimate of drug-likeness (QED) is 0.391. The van der Waals surface area contributed by atoms with Gasteiger partial charge in [-0.15, -0.1) is 0 Å². The molecule has 0 aliphatic heterocycles. The third kappa shape index (κ3) is 6.30. The summed E-state index contributed by atoms with van der Waals surface area (Å²) in [6.07, 6.45) is -2.44. The Morgan fingerprint density at radius 3 is 2.76 bits per heavy atom. The van der Waals surface area contributed by atoms with E-state index in [0.29, 0.717) is 13.2 Å². The summed E-state index contributed by atoms with van der Waals surface area (Å²) in [6, 6.07) is -0.382. The molecule has 21 heavy (non-hydrogen) atoms. The Balaban J connectivity index is 2.61. The molecule has 3 N–H and O–H groups in total. The third-order valence-corrected chi connectivity index (χ3v) is 3.30. The Kier molecular flexibility index (Phi) is 7.60. The molecule has 10 heteroatoms. The monoisotopic (exact) mass is 374 g/mol. The number of nitrogens with one attached hydrogen (secondary N) is 1. The van der Waals surface area contributed by atoms with Crippen molar-refractivity contribution >= 4 is 15.9 Å². The fourth-order valence-corrected chi connectivity index (χ4v) is 2.33. The largest absolute Gasteiger partial charge is 0.411 e. The molecule has 0 aliphatic carbocycles. The molecule has 0 radical (unpaired) electrons. The number of halogens is 4. The van der Waals surface area contributed by atoms with Gasteiger partial charge in [-0.1, -0.05) is 0 Å². The zero-order valence-corrected chi connectivity index (χ0v) is 13.1. The number of hydrazine groups is 1. The highest BCUT2D eigenvalue weighted by molar-refractivity contribution is 9.10. The van der Waals surface area contributed by atoms with Crippen molar-refractivity contribution in [2.45, 2.75) is 25.2 Å². The lowest BCUT2D eigenvalue weighted by molar-refractivity contribution is -0.174. The van der Waals surface area contributed by atoms with Crippen LogP contribution in [0.5, 0.6) is 0 Å². The highest BCUT2D eigenvalue weighted by Gasteiger charge is 2.27. The fraction of sp³-hybridized carbons (Fsp3) is 0.727. The predicted molar refractivity (Wildman–Crippen MR) is 73.4 cm³/mol. The number of methoxy groups -OCH3 is 1. The van der Waals surface area contributed by atoms with E-state index in [0.717, 1.165) is 10.2 Å². The van der Waals surface area contributed by atoms with Gasteiger partial charge in [-0.2, -0.15) is 18.3 Å². The summed E-state index contributed by atoms with van der Waals surface area (Å²) in [5.74, 6) is 5.48. The molecule has 122 valence electrons. The first-order valence-corrected chi connectivity index (χ1v) is 6.99. The average Bonchev–Trinajstić information content (AvgIpc) is 2.77. The molecule has 1 aromatic heterocycles. The molecule has 1 aromatic rings. The van der Waals surface area contributed by atoms with Crippen molar-refractivity contribution < 1.29 is 22.6 Å². The van der Waals surface area contributed by atoms with Gasteiger partial charge in [0.05, 0.1) is 35.6 Å². The Labute approximate surface area is 128 Å². The number of alkyl halides is 3. The van der Waals surface area contributed by atoms with E-state index in [1.807, 2.05) is 0 Å². The van der Waals surface area contributed by atoms with Gasteiger partial charge < -0.3 is 9.47 Å². The van der Waals surface area contributed by atoms with Gasteiger partial charge >= 0.3 is 6.18 Å². The lowest BCUT2D eigenvalue weighted by Gasteiger charge is -2.18. The summed E-state index contributed by atoms with van der Waals surface area (Å²) >= 11 is 3.35. The standard InChI is InChI=1S/C11H18BrF3N4O2/c1-20-5-3-19-10(8(12)6-17-19)9(18-16)2-4-21-7-11(13,14)15/h6,9,18H,2-5,7,16H2,1H3. The smallest absolute Gasteiger partial charge is 0.383 e. The number of rotatable bonds is 9. The first kappa shape index (κ1) is 18.4. The normalized spacial score (nSPS) is 13.6. The number of ether oxygens (including phenoxy) is 2. The zero-order chi connectivity index (χ0) is 15.9. The van der Waals surface area contributed by atoms with Crippen molar-refractivity contribution in [3.05, 3.63) is 16.4 Å². The Bertz CT molecular complexity index is 428. The van der Waals surface area contributed by atoms with Crippen molar-refractivity contribution in [2.24, 2.45) is 5.84 Å². The van der Waals surface area contributed by atoms with Crippen LogP contribution >= 0.6 is 15.9 Å². The van der Waals surface area contributed by atoms with E-state index in [2.05, 4.69) is 31.2 Å². The first-order chi connectivity index (χ1) is 9.89. The molecule has 1 unspecified atom stereocenters. The van der Waals surface area contributed by atoms with Gasteiger partial charge in [0, 0.05) is 13.7 Å². The third-order valence-electron chi connectivity index (χ3n) is 2.69. The number of aromatic nitrogens is 2. The SMILES string of the molecule is COCCn1ncc(Br)c1C(CCOCC(F)(F)F)NN. The zero-order valence-electron chi connectivity index (χ0n) is 11.5. The maximum Gasteiger partial charge on any atom is 0.411 e. The van der Waals surface area contributed by atoms with Crippen LogP contribution in [0.2, 0.25) is 0 Å². The highest BCUT2D eigenvalue weighted by atomic mass is 79.9. The maximum absolute atomic E-state index is 12.0. The van der Waals surface area contributed by atoms with Crippen LogP contribution < -0.4 is 11.3 Å². The van der Waals surface area contributed by atoms with Crippen LogP contribution in [0.25, 0.3) is 0 Å². The second-order valence-electron chi connectivity index (χ2n) is 4.27. The molecule has 0 aliphatic rings. The number of hydrogen-bond acceptors (Lipinski definition) is 5. The average molecular weight is 375 g/mol. The molecule has 0 fully saturated rings. The first-order valence-electron chi connectivity index (χ1n) is 6.19. The summed E-state index contributed by atoms with van der Waals surface area (Å²) in [7, 11) is 1.57. The van der Waals surface area contributed by atoms with Crippen molar-refractivity contribution in [2.75, 3.05) is 26.9 Å². The van der Waals surface area contributed by atoms with Crippen molar-refractivity contribution in [1.29, 1.82) is 0 Å².